The average molecular weight is 307 g/mol. The number of allylic oxidation sites excluding steroid dienone is 1. The minimum atomic E-state index is 0.835. The lowest BCUT2D eigenvalue weighted by molar-refractivity contribution is 0.532. The maximum absolute atomic E-state index is 5.66. The summed E-state index contributed by atoms with van der Waals surface area (Å²) in [6.07, 6.45) is 5.59. The van der Waals surface area contributed by atoms with Crippen molar-refractivity contribution in [3.05, 3.63) is 45.7 Å². The minimum absolute atomic E-state index is 0.835. The highest BCUT2D eigenvalue weighted by Gasteiger charge is 2.35. The molecule has 1 aliphatic heterocycles. The molecule has 1 aliphatic carbocycles. The quantitative estimate of drug-likeness (QED) is 0.406. The van der Waals surface area contributed by atoms with Crippen LogP contribution in [0.15, 0.2) is 40.1 Å². The number of thiocarbonyl (C=S) groups is 1. The molecule has 0 nitrogen and oxygen atoms in total. The molecule has 3 heteroatoms. The molecule has 1 saturated carbocycles. The predicted molar refractivity (Wildman–Crippen MR) is 92.1 cm³/mol. The summed E-state index contributed by atoms with van der Waals surface area (Å²) in [6, 6.07) is 10.4. The van der Waals surface area contributed by atoms with Gasteiger partial charge in [0.1, 0.15) is 0 Å². The molecule has 0 radical (unpaired) electrons. The Morgan fingerprint density at radius 2 is 1.63 bits per heavy atom. The molecule has 0 spiro atoms. The number of benzene rings is 1. The third-order valence-corrected chi connectivity index (χ3v) is 7.91. The van der Waals surface area contributed by atoms with Crippen LogP contribution in [0.5, 0.6) is 0 Å². The number of hydrogen-bond acceptors (Lipinski definition) is 3. The van der Waals surface area contributed by atoms with Gasteiger partial charge in [-0.05, 0) is 30.9 Å². The zero-order valence-electron chi connectivity index (χ0n) is 11.1. The van der Waals surface area contributed by atoms with Gasteiger partial charge in [0.15, 0.2) is 0 Å². The Balaban J connectivity index is 1.81. The molecule has 0 aromatic heterocycles. The van der Waals surface area contributed by atoms with Crippen molar-refractivity contribution in [2.75, 3.05) is 0 Å². The van der Waals surface area contributed by atoms with Gasteiger partial charge < -0.3 is 0 Å². The van der Waals surface area contributed by atoms with Crippen LogP contribution >= 0.6 is 35.7 Å². The molecule has 1 aromatic carbocycles. The Morgan fingerprint density at radius 3 is 2.21 bits per heavy atom. The summed E-state index contributed by atoms with van der Waals surface area (Å²) >= 11 is 9.82. The molecule has 0 N–H and O–H groups in total. The van der Waals surface area contributed by atoms with Gasteiger partial charge in [-0.25, -0.2) is 0 Å². The van der Waals surface area contributed by atoms with E-state index in [1.165, 1.54) is 41.1 Å². The van der Waals surface area contributed by atoms with Crippen molar-refractivity contribution in [3.63, 3.8) is 0 Å². The first kappa shape index (κ1) is 13.7. The van der Waals surface area contributed by atoms with Crippen molar-refractivity contribution in [1.82, 2.24) is 0 Å². The van der Waals surface area contributed by atoms with E-state index in [1.807, 2.05) is 6.07 Å². The highest BCUT2D eigenvalue weighted by Crippen LogP contribution is 2.53. The van der Waals surface area contributed by atoms with Crippen LogP contribution in [0.2, 0.25) is 0 Å². The Kier molecular flexibility index (Phi) is 4.35. The van der Waals surface area contributed by atoms with Crippen LogP contribution < -0.4 is 0 Å². The van der Waals surface area contributed by atoms with Gasteiger partial charge in [0.05, 0.1) is 0 Å². The summed E-state index contributed by atoms with van der Waals surface area (Å²) in [6.45, 7) is 2.20. The number of hydrogen-bond donors (Lipinski definition) is 0. The van der Waals surface area contributed by atoms with E-state index < -0.39 is 0 Å². The number of fused-ring (bicyclic) bond motifs is 1. The van der Waals surface area contributed by atoms with Gasteiger partial charge in [-0.2, -0.15) is 0 Å². The second-order valence-corrected chi connectivity index (χ2v) is 8.37. The van der Waals surface area contributed by atoms with Crippen LogP contribution in [-0.4, -0.2) is 15.4 Å². The van der Waals surface area contributed by atoms with Crippen molar-refractivity contribution < 1.29 is 0 Å². The normalized spacial score (nSPS) is 26.1. The third kappa shape index (κ3) is 2.93. The topological polar surface area (TPSA) is 0 Å². The van der Waals surface area contributed by atoms with E-state index in [0.29, 0.717) is 0 Å². The zero-order valence-corrected chi connectivity index (χ0v) is 13.5. The highest BCUT2D eigenvalue weighted by atomic mass is 32.2. The van der Waals surface area contributed by atoms with Gasteiger partial charge in [-0.15, -0.1) is 23.5 Å². The molecule has 2 fully saturated rings. The fourth-order valence-corrected chi connectivity index (χ4v) is 6.63. The second-order valence-electron chi connectivity index (χ2n) is 5.20. The van der Waals surface area contributed by atoms with Gasteiger partial charge >= 0.3 is 0 Å². The van der Waals surface area contributed by atoms with Crippen LogP contribution in [0.1, 0.15) is 38.2 Å². The number of rotatable bonds is 2. The molecule has 2 aliphatic rings. The molecule has 19 heavy (non-hydrogen) atoms. The fraction of sp³-hybridized carbons (Fsp3) is 0.438. The van der Waals surface area contributed by atoms with Crippen LogP contribution in [0.4, 0.5) is 0 Å². The smallest absolute Gasteiger partial charge is 0.0495 e. The van der Waals surface area contributed by atoms with Crippen LogP contribution in [0.3, 0.4) is 0 Å². The van der Waals surface area contributed by atoms with E-state index in [1.54, 1.807) is 0 Å². The number of thioether (sulfide) groups is 2. The van der Waals surface area contributed by atoms with Gasteiger partial charge in [-0.3, -0.25) is 0 Å². The third-order valence-electron chi connectivity index (χ3n) is 3.84. The minimum Gasteiger partial charge on any atom is -0.114 e. The second kappa shape index (κ2) is 6.02. The van der Waals surface area contributed by atoms with Crippen molar-refractivity contribution in [2.24, 2.45) is 0 Å². The fourth-order valence-electron chi connectivity index (χ4n) is 2.71. The largest absolute Gasteiger partial charge is 0.114 e. The van der Waals surface area contributed by atoms with E-state index in [9.17, 15) is 0 Å². The summed E-state index contributed by atoms with van der Waals surface area (Å²) in [7, 11) is 0. The molecule has 1 heterocycles. The summed E-state index contributed by atoms with van der Waals surface area (Å²) in [5.74, 6) is 0. The molecule has 2 unspecified atom stereocenters. The SMILES string of the molecule is CC(C(=S)c1ccccc1)=C1SC2CCCCC2S1. The Morgan fingerprint density at radius 1 is 1.05 bits per heavy atom. The summed E-state index contributed by atoms with van der Waals surface area (Å²) in [4.78, 5) is 1.02. The van der Waals surface area contributed by atoms with Crippen molar-refractivity contribution in [3.8, 4) is 0 Å². The van der Waals surface area contributed by atoms with Crippen LogP contribution in [-0.2, 0) is 0 Å². The molecular weight excluding hydrogens is 288 g/mol. The highest BCUT2D eigenvalue weighted by molar-refractivity contribution is 8.26. The van der Waals surface area contributed by atoms with E-state index in [2.05, 4.69) is 54.7 Å². The lowest BCUT2D eigenvalue weighted by Gasteiger charge is -2.21. The van der Waals surface area contributed by atoms with Crippen molar-refractivity contribution in [2.45, 2.75) is 43.1 Å². The zero-order chi connectivity index (χ0) is 13.2. The molecular formula is C16H18S3. The first-order valence-corrected chi connectivity index (χ1v) is 9.06. The maximum Gasteiger partial charge on any atom is 0.0495 e. The average Bonchev–Trinajstić information content (AvgIpc) is 2.90. The van der Waals surface area contributed by atoms with Crippen LogP contribution in [0.25, 0.3) is 0 Å². The Bertz CT molecular complexity index is 488. The molecule has 0 bridgehead atoms. The van der Waals surface area contributed by atoms with E-state index in [0.717, 1.165) is 15.4 Å². The van der Waals surface area contributed by atoms with Gasteiger partial charge in [0.2, 0.25) is 0 Å². The molecule has 2 atom stereocenters. The molecule has 100 valence electrons. The molecule has 3 rings (SSSR count). The monoisotopic (exact) mass is 306 g/mol. The first-order chi connectivity index (χ1) is 9.25. The van der Waals surface area contributed by atoms with Crippen LogP contribution in [0, 0.1) is 0 Å². The van der Waals surface area contributed by atoms with Crippen molar-refractivity contribution >= 4 is 40.6 Å². The van der Waals surface area contributed by atoms with E-state index in [4.69, 9.17) is 12.2 Å². The lowest BCUT2D eigenvalue weighted by Crippen LogP contribution is -2.19. The van der Waals surface area contributed by atoms with Gasteiger partial charge in [0.25, 0.3) is 0 Å². The Hall–Kier alpha value is -0.250. The van der Waals surface area contributed by atoms with Crippen molar-refractivity contribution in [1.29, 1.82) is 0 Å². The van der Waals surface area contributed by atoms with E-state index >= 15 is 0 Å². The van der Waals surface area contributed by atoms with Gasteiger partial charge in [0, 0.05) is 19.6 Å². The maximum atomic E-state index is 5.66. The first-order valence-electron chi connectivity index (χ1n) is 6.89. The summed E-state index contributed by atoms with van der Waals surface area (Å²) in [5, 5.41) is 1.67. The Labute approximate surface area is 129 Å². The lowest BCUT2D eigenvalue weighted by atomic mass is 10.00. The predicted octanol–water partition coefficient (Wildman–Crippen LogP) is 5.43. The summed E-state index contributed by atoms with van der Waals surface area (Å²) in [5.41, 5.74) is 2.49. The molecule has 1 saturated heterocycles. The van der Waals surface area contributed by atoms with E-state index in [-0.39, 0.29) is 0 Å². The summed E-state index contributed by atoms with van der Waals surface area (Å²) < 4.78 is 1.48. The standard InChI is InChI=1S/C16H18S3/c1-11(15(17)12-7-3-2-4-8-12)16-18-13-9-5-6-10-14(13)19-16/h2-4,7-8,13-14H,5-6,9-10H2,1H3. The van der Waals surface area contributed by atoms with Gasteiger partial charge in [-0.1, -0.05) is 55.4 Å². The molecule has 1 aromatic rings. The molecule has 0 amide bonds.